The Morgan fingerprint density at radius 2 is 1.75 bits per heavy atom. The normalized spacial score (nSPS) is 11.0. The number of benzene rings is 3. The minimum Gasteiger partial charge on any atom is -0.497 e. The van der Waals surface area contributed by atoms with E-state index in [1.165, 1.54) is 24.3 Å². The Hall–Kier alpha value is -3.30. The second-order valence-corrected chi connectivity index (χ2v) is 8.63. The minimum absolute atomic E-state index is 0.179. The summed E-state index contributed by atoms with van der Waals surface area (Å²) < 4.78 is 51.1. The zero-order chi connectivity index (χ0) is 23.1. The molecule has 10 heteroatoms. The monoisotopic (exact) mass is 478 g/mol. The molecule has 2 N–H and O–H groups in total. The quantitative estimate of drug-likeness (QED) is 0.452. The Balaban J connectivity index is 1.53. The predicted molar refractivity (Wildman–Crippen MR) is 119 cm³/mol. The molecule has 0 aromatic heterocycles. The summed E-state index contributed by atoms with van der Waals surface area (Å²) in [5.74, 6) is 0.247. The third kappa shape index (κ3) is 6.12. The highest BCUT2D eigenvalue weighted by Crippen LogP contribution is 2.22. The molecule has 0 aliphatic heterocycles. The molecule has 0 bridgehead atoms. The van der Waals surface area contributed by atoms with E-state index in [9.17, 15) is 17.6 Å². The van der Waals surface area contributed by atoms with Gasteiger partial charge >= 0.3 is 0 Å². The van der Waals surface area contributed by atoms with Crippen LogP contribution >= 0.6 is 11.6 Å². The van der Waals surface area contributed by atoms with Crippen molar-refractivity contribution in [1.82, 2.24) is 5.32 Å². The molecule has 0 spiro atoms. The topological polar surface area (TPSA) is 93.7 Å². The van der Waals surface area contributed by atoms with Crippen LogP contribution in [0.1, 0.15) is 10.4 Å². The Morgan fingerprint density at radius 1 is 1.03 bits per heavy atom. The molecule has 3 aromatic carbocycles. The van der Waals surface area contributed by atoms with Crippen molar-refractivity contribution in [2.75, 3.05) is 25.0 Å². The molecule has 0 atom stereocenters. The molecular formula is C22H20ClFN2O5S. The molecule has 3 aromatic rings. The maximum Gasteiger partial charge on any atom is 0.261 e. The Bertz CT molecular complexity index is 1200. The van der Waals surface area contributed by atoms with Crippen molar-refractivity contribution in [1.29, 1.82) is 0 Å². The zero-order valence-electron chi connectivity index (χ0n) is 17.0. The summed E-state index contributed by atoms with van der Waals surface area (Å²) in [6.07, 6.45) is 0. The number of hydrogen-bond acceptors (Lipinski definition) is 5. The summed E-state index contributed by atoms with van der Waals surface area (Å²) in [5, 5.41) is 2.42. The van der Waals surface area contributed by atoms with Crippen LogP contribution in [0.25, 0.3) is 0 Å². The van der Waals surface area contributed by atoms with E-state index in [0.717, 1.165) is 18.2 Å². The number of amides is 1. The first-order valence-corrected chi connectivity index (χ1v) is 11.3. The highest BCUT2D eigenvalue weighted by molar-refractivity contribution is 7.92. The molecule has 0 unspecified atom stereocenters. The molecule has 0 heterocycles. The van der Waals surface area contributed by atoms with Gasteiger partial charge in [-0.15, -0.1) is 0 Å². The third-order valence-electron chi connectivity index (χ3n) is 4.30. The Morgan fingerprint density at radius 3 is 2.44 bits per heavy atom. The number of methoxy groups -OCH3 is 1. The van der Waals surface area contributed by atoms with Crippen molar-refractivity contribution in [3.8, 4) is 11.5 Å². The number of hydrogen-bond donors (Lipinski definition) is 2. The smallest absolute Gasteiger partial charge is 0.261 e. The standard InChI is InChI=1S/C22H20ClFN2O5S/c1-30-17-3-2-4-18(13-17)31-12-11-25-22(27)15-5-7-16(8-6-15)26-32(28,29)19-9-10-21(24)20(23)14-19/h2-10,13-14,26H,11-12H2,1H3,(H,25,27). The van der Waals surface area contributed by atoms with E-state index in [-0.39, 0.29) is 34.7 Å². The van der Waals surface area contributed by atoms with Gasteiger partial charge in [-0.3, -0.25) is 9.52 Å². The first-order valence-electron chi connectivity index (χ1n) is 9.41. The van der Waals surface area contributed by atoms with Gasteiger partial charge in [-0.05, 0) is 54.6 Å². The van der Waals surface area contributed by atoms with Crippen LogP contribution in [0, 0.1) is 5.82 Å². The molecule has 0 aliphatic carbocycles. The number of nitrogens with one attached hydrogen (secondary N) is 2. The van der Waals surface area contributed by atoms with Crippen LogP contribution in [0.5, 0.6) is 11.5 Å². The molecule has 0 radical (unpaired) electrons. The highest BCUT2D eigenvalue weighted by atomic mass is 35.5. The van der Waals surface area contributed by atoms with Gasteiger partial charge < -0.3 is 14.8 Å². The van der Waals surface area contributed by atoms with Crippen LogP contribution in [0.4, 0.5) is 10.1 Å². The fraction of sp³-hybridized carbons (Fsp3) is 0.136. The lowest BCUT2D eigenvalue weighted by molar-refractivity contribution is 0.0947. The number of carbonyl (C=O) groups excluding carboxylic acids is 1. The molecule has 3 rings (SSSR count). The van der Waals surface area contributed by atoms with E-state index in [1.807, 2.05) is 0 Å². The van der Waals surface area contributed by atoms with E-state index < -0.39 is 15.8 Å². The van der Waals surface area contributed by atoms with Crippen molar-refractivity contribution in [2.45, 2.75) is 4.90 Å². The van der Waals surface area contributed by atoms with Gasteiger partial charge in [0.25, 0.3) is 15.9 Å². The number of rotatable bonds is 9. The van der Waals surface area contributed by atoms with E-state index in [1.54, 1.807) is 31.4 Å². The van der Waals surface area contributed by atoms with Crippen LogP contribution in [-0.4, -0.2) is 34.6 Å². The van der Waals surface area contributed by atoms with Gasteiger partial charge in [-0.2, -0.15) is 0 Å². The van der Waals surface area contributed by atoms with E-state index >= 15 is 0 Å². The number of anilines is 1. The van der Waals surface area contributed by atoms with E-state index in [2.05, 4.69) is 10.0 Å². The highest BCUT2D eigenvalue weighted by Gasteiger charge is 2.16. The molecule has 0 saturated heterocycles. The Labute approximate surface area is 190 Å². The summed E-state index contributed by atoms with van der Waals surface area (Å²) in [6, 6.07) is 16.1. The maximum absolute atomic E-state index is 13.3. The van der Waals surface area contributed by atoms with Crippen molar-refractivity contribution >= 4 is 33.2 Å². The predicted octanol–water partition coefficient (Wildman–Crippen LogP) is 4.10. The average Bonchev–Trinajstić information content (AvgIpc) is 2.78. The van der Waals surface area contributed by atoms with Crippen LogP contribution in [0.15, 0.2) is 71.6 Å². The van der Waals surface area contributed by atoms with Crippen molar-refractivity contribution in [2.24, 2.45) is 0 Å². The van der Waals surface area contributed by atoms with Crippen molar-refractivity contribution in [3.05, 3.63) is 83.1 Å². The van der Waals surface area contributed by atoms with Crippen molar-refractivity contribution in [3.63, 3.8) is 0 Å². The van der Waals surface area contributed by atoms with Gasteiger partial charge in [0.05, 0.1) is 23.6 Å². The largest absolute Gasteiger partial charge is 0.497 e. The van der Waals surface area contributed by atoms with Crippen molar-refractivity contribution < 1.29 is 27.1 Å². The van der Waals surface area contributed by atoms with Gasteiger partial charge in [0.2, 0.25) is 0 Å². The molecule has 7 nitrogen and oxygen atoms in total. The SMILES string of the molecule is COc1cccc(OCCNC(=O)c2ccc(NS(=O)(=O)c3ccc(F)c(Cl)c3)cc2)c1. The summed E-state index contributed by atoms with van der Waals surface area (Å²) >= 11 is 5.65. The van der Waals surface area contributed by atoms with Crippen LogP contribution in [0.3, 0.4) is 0 Å². The maximum atomic E-state index is 13.3. The third-order valence-corrected chi connectivity index (χ3v) is 5.97. The first kappa shape index (κ1) is 23.4. The molecule has 32 heavy (non-hydrogen) atoms. The zero-order valence-corrected chi connectivity index (χ0v) is 18.5. The van der Waals surface area contributed by atoms with Gasteiger partial charge in [0.15, 0.2) is 0 Å². The molecule has 1 amide bonds. The second-order valence-electron chi connectivity index (χ2n) is 6.54. The number of halogens is 2. The van der Waals surface area contributed by atoms with Gasteiger partial charge in [-0.25, -0.2) is 12.8 Å². The number of sulfonamides is 1. The fourth-order valence-corrected chi connectivity index (χ4v) is 4.00. The minimum atomic E-state index is -3.96. The lowest BCUT2D eigenvalue weighted by atomic mass is 10.2. The first-order chi connectivity index (χ1) is 15.3. The fourth-order valence-electron chi connectivity index (χ4n) is 2.67. The summed E-state index contributed by atoms with van der Waals surface area (Å²) in [7, 11) is -2.40. The summed E-state index contributed by atoms with van der Waals surface area (Å²) in [4.78, 5) is 12.1. The average molecular weight is 479 g/mol. The second kappa shape index (κ2) is 10.3. The molecule has 0 fully saturated rings. The van der Waals surface area contributed by atoms with Crippen LogP contribution in [-0.2, 0) is 10.0 Å². The van der Waals surface area contributed by atoms with Gasteiger partial charge in [-0.1, -0.05) is 17.7 Å². The van der Waals surface area contributed by atoms with Crippen LogP contribution < -0.4 is 19.5 Å². The summed E-state index contributed by atoms with van der Waals surface area (Å²) in [6.45, 7) is 0.534. The van der Waals surface area contributed by atoms with E-state index in [4.69, 9.17) is 21.1 Å². The summed E-state index contributed by atoms with van der Waals surface area (Å²) in [5.41, 5.74) is 0.586. The number of carbonyl (C=O) groups is 1. The van der Waals surface area contributed by atoms with Gasteiger partial charge in [0, 0.05) is 17.3 Å². The molecule has 168 valence electrons. The Kier molecular flexibility index (Phi) is 7.55. The lowest BCUT2D eigenvalue weighted by Gasteiger charge is -2.10. The number of ether oxygens (including phenoxy) is 2. The molecule has 0 saturated carbocycles. The van der Waals surface area contributed by atoms with E-state index in [0.29, 0.717) is 17.1 Å². The molecular weight excluding hydrogens is 459 g/mol. The van der Waals surface area contributed by atoms with Crippen LogP contribution in [0.2, 0.25) is 5.02 Å². The van der Waals surface area contributed by atoms with Gasteiger partial charge in [0.1, 0.15) is 23.9 Å². The molecule has 0 aliphatic rings. The lowest BCUT2D eigenvalue weighted by Crippen LogP contribution is -2.28.